The summed E-state index contributed by atoms with van der Waals surface area (Å²) in [7, 11) is 0. The predicted molar refractivity (Wildman–Crippen MR) is 83.0 cm³/mol. The summed E-state index contributed by atoms with van der Waals surface area (Å²) in [6.45, 7) is 4.55. The number of hydrazine groups is 1. The molecule has 6 nitrogen and oxygen atoms in total. The highest BCUT2D eigenvalue weighted by Crippen LogP contribution is 2.16. The summed E-state index contributed by atoms with van der Waals surface area (Å²) in [6.07, 6.45) is 3.58. The minimum absolute atomic E-state index is 0.115. The van der Waals surface area contributed by atoms with Gasteiger partial charge in [0.2, 0.25) is 0 Å². The van der Waals surface area contributed by atoms with Crippen molar-refractivity contribution >= 4 is 11.6 Å². The number of H-pyrrole nitrogens is 1. The molecule has 0 atom stereocenters. The van der Waals surface area contributed by atoms with Crippen LogP contribution in [0.5, 0.6) is 0 Å². The van der Waals surface area contributed by atoms with Gasteiger partial charge < -0.3 is 10.7 Å². The van der Waals surface area contributed by atoms with Crippen molar-refractivity contribution in [2.75, 3.05) is 12.0 Å². The van der Waals surface area contributed by atoms with Crippen LogP contribution in [0.2, 0.25) is 0 Å². The number of hydrogen-bond acceptors (Lipinski definition) is 4. The van der Waals surface area contributed by atoms with Crippen LogP contribution < -0.4 is 16.6 Å². The highest BCUT2D eigenvalue weighted by Gasteiger charge is 2.10. The van der Waals surface area contributed by atoms with Gasteiger partial charge in [-0.1, -0.05) is 11.6 Å². The van der Waals surface area contributed by atoms with Crippen LogP contribution in [0.4, 0.5) is 5.69 Å². The maximum absolute atomic E-state index is 12.2. The first-order valence-electron chi connectivity index (χ1n) is 6.96. The molecule has 0 aliphatic heterocycles. The third-order valence-corrected chi connectivity index (χ3v) is 3.42. The monoisotopic (exact) mass is 287 g/mol. The zero-order valence-electron chi connectivity index (χ0n) is 12.4. The second-order valence-electron chi connectivity index (χ2n) is 5.07. The summed E-state index contributed by atoms with van der Waals surface area (Å²) >= 11 is 0. The standard InChI is InChI=1S/C15H21N5O/c1-10-5-6-14(19-16)13(8-10)15(21)17-7-3-4-12-9-18-20-11(12)2/h5-6,8-9,19H,3-4,7,16H2,1-2H3,(H,17,21)(H,18,20). The number of rotatable bonds is 6. The highest BCUT2D eigenvalue weighted by atomic mass is 16.1. The average molecular weight is 287 g/mol. The Bertz CT molecular complexity index is 620. The summed E-state index contributed by atoms with van der Waals surface area (Å²) in [6, 6.07) is 5.54. The Hall–Kier alpha value is -2.34. The third-order valence-electron chi connectivity index (χ3n) is 3.42. The number of aromatic nitrogens is 2. The summed E-state index contributed by atoms with van der Waals surface area (Å²) in [5, 5.41) is 9.80. The summed E-state index contributed by atoms with van der Waals surface area (Å²) in [4.78, 5) is 12.2. The fraction of sp³-hybridized carbons (Fsp3) is 0.333. The molecule has 0 bridgehead atoms. The van der Waals surface area contributed by atoms with Crippen molar-refractivity contribution < 1.29 is 4.79 Å². The van der Waals surface area contributed by atoms with E-state index in [2.05, 4.69) is 20.9 Å². The molecule has 2 rings (SSSR count). The zero-order valence-corrected chi connectivity index (χ0v) is 12.4. The molecule has 5 N–H and O–H groups in total. The van der Waals surface area contributed by atoms with Crippen LogP contribution in [0.1, 0.15) is 33.6 Å². The van der Waals surface area contributed by atoms with Crippen LogP contribution in [-0.2, 0) is 6.42 Å². The lowest BCUT2D eigenvalue weighted by Gasteiger charge is -2.10. The number of nitrogens with two attached hydrogens (primary N) is 1. The Morgan fingerprint density at radius 2 is 2.19 bits per heavy atom. The van der Waals surface area contributed by atoms with Gasteiger partial charge in [-0.25, -0.2) is 0 Å². The maximum Gasteiger partial charge on any atom is 0.253 e. The normalized spacial score (nSPS) is 10.4. The highest BCUT2D eigenvalue weighted by molar-refractivity contribution is 5.99. The molecule has 0 saturated heterocycles. The van der Waals surface area contributed by atoms with E-state index in [9.17, 15) is 4.79 Å². The molecule has 1 heterocycles. The Morgan fingerprint density at radius 3 is 2.86 bits per heavy atom. The molecular weight excluding hydrogens is 266 g/mol. The van der Waals surface area contributed by atoms with Gasteiger partial charge in [-0.05, 0) is 44.4 Å². The number of aromatic amines is 1. The molecule has 6 heteroatoms. The van der Waals surface area contributed by atoms with E-state index in [1.165, 1.54) is 5.56 Å². The first-order valence-corrected chi connectivity index (χ1v) is 6.96. The summed E-state index contributed by atoms with van der Waals surface area (Å²) in [5.41, 5.74) is 7.03. The molecule has 0 aliphatic carbocycles. The van der Waals surface area contributed by atoms with Crippen molar-refractivity contribution in [3.63, 3.8) is 0 Å². The van der Waals surface area contributed by atoms with E-state index in [4.69, 9.17) is 5.84 Å². The SMILES string of the molecule is Cc1ccc(NN)c(C(=O)NCCCc2cn[nH]c2C)c1. The number of anilines is 1. The van der Waals surface area contributed by atoms with E-state index in [1.807, 2.05) is 32.2 Å². The lowest BCUT2D eigenvalue weighted by molar-refractivity contribution is 0.0954. The van der Waals surface area contributed by atoms with E-state index in [1.54, 1.807) is 6.07 Å². The molecule has 1 amide bonds. The molecular formula is C15H21N5O. The van der Waals surface area contributed by atoms with Gasteiger partial charge >= 0.3 is 0 Å². The van der Waals surface area contributed by atoms with E-state index in [-0.39, 0.29) is 5.91 Å². The van der Waals surface area contributed by atoms with Gasteiger partial charge in [0, 0.05) is 12.2 Å². The van der Waals surface area contributed by atoms with Crippen molar-refractivity contribution in [1.82, 2.24) is 15.5 Å². The van der Waals surface area contributed by atoms with E-state index >= 15 is 0 Å². The summed E-state index contributed by atoms with van der Waals surface area (Å²) < 4.78 is 0. The topological polar surface area (TPSA) is 95.8 Å². The molecule has 112 valence electrons. The van der Waals surface area contributed by atoms with Gasteiger partial charge in [0.25, 0.3) is 5.91 Å². The van der Waals surface area contributed by atoms with Crippen LogP contribution in [0.15, 0.2) is 24.4 Å². The number of carbonyl (C=O) groups is 1. The molecule has 1 aromatic carbocycles. The number of benzene rings is 1. The van der Waals surface area contributed by atoms with Crippen LogP contribution >= 0.6 is 0 Å². The van der Waals surface area contributed by atoms with Gasteiger partial charge in [0.05, 0.1) is 17.4 Å². The lowest BCUT2D eigenvalue weighted by atomic mass is 10.1. The number of aryl methyl sites for hydroxylation is 3. The molecule has 2 aromatic rings. The second kappa shape index (κ2) is 6.90. The fourth-order valence-electron chi connectivity index (χ4n) is 2.18. The number of nitrogens with zero attached hydrogens (tertiary/aromatic N) is 1. The Labute approximate surface area is 124 Å². The maximum atomic E-state index is 12.2. The first-order chi connectivity index (χ1) is 10.1. The first kappa shape index (κ1) is 15.1. The molecule has 0 unspecified atom stereocenters. The van der Waals surface area contributed by atoms with Gasteiger partial charge in [0.15, 0.2) is 0 Å². The van der Waals surface area contributed by atoms with Crippen LogP contribution in [-0.4, -0.2) is 22.6 Å². The molecule has 1 aromatic heterocycles. The Balaban J connectivity index is 1.87. The van der Waals surface area contributed by atoms with Crippen molar-refractivity contribution in [1.29, 1.82) is 0 Å². The number of nitrogens with one attached hydrogen (secondary N) is 3. The molecule has 0 aliphatic rings. The fourth-order valence-corrected chi connectivity index (χ4v) is 2.18. The molecule has 0 fully saturated rings. The van der Waals surface area contributed by atoms with Crippen molar-refractivity contribution in [2.45, 2.75) is 26.7 Å². The van der Waals surface area contributed by atoms with Crippen LogP contribution in [0, 0.1) is 13.8 Å². The zero-order chi connectivity index (χ0) is 15.2. The lowest BCUT2D eigenvalue weighted by Crippen LogP contribution is -2.26. The quantitative estimate of drug-likeness (QED) is 0.369. The molecule has 21 heavy (non-hydrogen) atoms. The van der Waals surface area contributed by atoms with Gasteiger partial charge in [0.1, 0.15) is 0 Å². The van der Waals surface area contributed by atoms with Crippen molar-refractivity contribution in [3.8, 4) is 0 Å². The van der Waals surface area contributed by atoms with Crippen LogP contribution in [0.25, 0.3) is 0 Å². The van der Waals surface area contributed by atoms with Crippen molar-refractivity contribution in [2.24, 2.45) is 5.84 Å². The molecule has 0 spiro atoms. The number of carbonyl (C=O) groups excluding carboxylic acids is 1. The minimum atomic E-state index is -0.115. The molecule has 0 saturated carbocycles. The third kappa shape index (κ3) is 3.82. The van der Waals surface area contributed by atoms with Crippen LogP contribution in [0.3, 0.4) is 0 Å². The predicted octanol–water partition coefficient (Wildman–Crippen LogP) is 1.67. The minimum Gasteiger partial charge on any atom is -0.352 e. The average Bonchev–Trinajstić information content (AvgIpc) is 2.88. The van der Waals surface area contributed by atoms with E-state index in [0.29, 0.717) is 17.8 Å². The largest absolute Gasteiger partial charge is 0.352 e. The van der Waals surface area contributed by atoms with E-state index in [0.717, 1.165) is 24.1 Å². The second-order valence-corrected chi connectivity index (χ2v) is 5.07. The summed E-state index contributed by atoms with van der Waals surface area (Å²) in [5.74, 6) is 5.32. The molecule has 0 radical (unpaired) electrons. The van der Waals surface area contributed by atoms with Gasteiger partial charge in [-0.2, -0.15) is 5.10 Å². The number of hydrogen-bond donors (Lipinski definition) is 4. The number of nitrogen functional groups attached to an aromatic ring is 1. The van der Waals surface area contributed by atoms with Gasteiger partial charge in [-0.15, -0.1) is 0 Å². The van der Waals surface area contributed by atoms with Crippen molar-refractivity contribution in [3.05, 3.63) is 46.8 Å². The smallest absolute Gasteiger partial charge is 0.253 e. The van der Waals surface area contributed by atoms with Gasteiger partial charge in [-0.3, -0.25) is 15.7 Å². The number of amides is 1. The Morgan fingerprint density at radius 1 is 1.38 bits per heavy atom. The van der Waals surface area contributed by atoms with E-state index < -0.39 is 0 Å². The Kier molecular flexibility index (Phi) is 4.94.